The molecule has 0 aromatic heterocycles. The van der Waals surface area contributed by atoms with Crippen molar-refractivity contribution in [3.8, 4) is 0 Å². The van der Waals surface area contributed by atoms with Gasteiger partial charge in [-0.3, -0.25) is 4.79 Å². The maximum atomic E-state index is 12.6. The van der Waals surface area contributed by atoms with E-state index in [4.69, 9.17) is 0 Å². The first-order valence-corrected chi connectivity index (χ1v) is 12.6. The molecule has 1 amide bonds. The fraction of sp³-hybridized carbons (Fsp3) is 0.611. The van der Waals surface area contributed by atoms with Crippen LogP contribution in [0.5, 0.6) is 0 Å². The highest BCUT2D eigenvalue weighted by Crippen LogP contribution is 2.21. The lowest BCUT2D eigenvalue weighted by Crippen LogP contribution is -2.49. The number of rotatable bonds is 7. The second-order valence-corrected chi connectivity index (χ2v) is 11.1. The molecule has 1 aliphatic rings. The average molecular weight is 432 g/mol. The van der Waals surface area contributed by atoms with E-state index < -0.39 is 20.0 Å². The molecular formula is C18H29N3O5S2. The quantitative estimate of drug-likeness (QED) is 0.664. The Morgan fingerprint density at radius 1 is 1.14 bits per heavy atom. The van der Waals surface area contributed by atoms with Crippen LogP contribution < -0.4 is 10.0 Å². The van der Waals surface area contributed by atoms with Crippen molar-refractivity contribution in [3.63, 3.8) is 0 Å². The minimum absolute atomic E-state index is 0.0153. The van der Waals surface area contributed by atoms with Crippen LogP contribution in [0.1, 0.15) is 36.0 Å². The number of aryl methyl sites for hydroxylation is 3. The van der Waals surface area contributed by atoms with Gasteiger partial charge in [-0.1, -0.05) is 17.7 Å². The van der Waals surface area contributed by atoms with E-state index in [2.05, 4.69) is 10.0 Å². The van der Waals surface area contributed by atoms with Gasteiger partial charge in [0.15, 0.2) is 0 Å². The number of carbonyl (C=O) groups excluding carboxylic acids is 1. The van der Waals surface area contributed by atoms with Crippen LogP contribution in [0.3, 0.4) is 0 Å². The minimum atomic E-state index is -3.71. The monoisotopic (exact) mass is 431 g/mol. The molecule has 8 nitrogen and oxygen atoms in total. The van der Waals surface area contributed by atoms with Crippen molar-refractivity contribution in [3.05, 3.63) is 28.8 Å². The van der Waals surface area contributed by atoms with Gasteiger partial charge in [0.2, 0.25) is 26.0 Å². The maximum absolute atomic E-state index is 12.6. The summed E-state index contributed by atoms with van der Waals surface area (Å²) >= 11 is 0. The van der Waals surface area contributed by atoms with Crippen molar-refractivity contribution in [1.29, 1.82) is 0 Å². The van der Waals surface area contributed by atoms with Gasteiger partial charge < -0.3 is 5.32 Å². The minimum Gasteiger partial charge on any atom is -0.352 e. The van der Waals surface area contributed by atoms with Crippen molar-refractivity contribution in [2.45, 2.75) is 51.0 Å². The normalized spacial score (nSPS) is 18.8. The van der Waals surface area contributed by atoms with E-state index in [0.717, 1.165) is 11.8 Å². The molecule has 28 heavy (non-hydrogen) atoms. The number of benzene rings is 1. The van der Waals surface area contributed by atoms with Gasteiger partial charge in [-0.15, -0.1) is 0 Å². The van der Waals surface area contributed by atoms with E-state index >= 15 is 0 Å². The molecule has 1 atom stereocenters. The smallest absolute Gasteiger partial charge is 0.241 e. The third-order valence-corrected chi connectivity index (χ3v) is 7.77. The molecule has 0 radical (unpaired) electrons. The van der Waals surface area contributed by atoms with Crippen LogP contribution >= 0.6 is 0 Å². The molecule has 1 saturated heterocycles. The van der Waals surface area contributed by atoms with Crippen LogP contribution in [-0.4, -0.2) is 59.0 Å². The molecule has 1 aromatic rings. The summed E-state index contributed by atoms with van der Waals surface area (Å²) in [6.07, 6.45) is 2.52. The van der Waals surface area contributed by atoms with Crippen LogP contribution in [0, 0.1) is 20.8 Å². The Labute approximate surface area is 167 Å². The van der Waals surface area contributed by atoms with Gasteiger partial charge in [0.05, 0.1) is 11.2 Å². The first kappa shape index (κ1) is 22.8. The number of hydrogen-bond acceptors (Lipinski definition) is 5. The summed E-state index contributed by atoms with van der Waals surface area (Å²) in [5.74, 6) is -0.305. The zero-order valence-corrected chi connectivity index (χ0v) is 18.4. The SMILES string of the molecule is Cc1cc(C)c(S(=O)(=O)NCCC(=O)NC2CCCN(S(C)(=O)=O)C2)c(C)c1. The van der Waals surface area contributed by atoms with E-state index in [1.54, 1.807) is 13.8 Å². The molecule has 2 rings (SSSR count). The summed E-state index contributed by atoms with van der Waals surface area (Å²) < 4.78 is 52.3. The zero-order chi connectivity index (χ0) is 21.1. The van der Waals surface area contributed by atoms with Gasteiger partial charge in [0.25, 0.3) is 0 Å². The molecule has 0 bridgehead atoms. The Hall–Kier alpha value is -1.49. The molecule has 1 aromatic carbocycles. The summed E-state index contributed by atoms with van der Waals surface area (Å²) in [6, 6.07) is 3.37. The van der Waals surface area contributed by atoms with Crippen molar-refractivity contribution >= 4 is 26.0 Å². The molecule has 1 heterocycles. The summed E-state index contributed by atoms with van der Waals surface area (Å²) in [4.78, 5) is 12.4. The Kier molecular flexibility index (Phi) is 7.24. The fourth-order valence-corrected chi connectivity index (χ4v) is 6.02. The largest absolute Gasteiger partial charge is 0.352 e. The Morgan fingerprint density at radius 2 is 1.75 bits per heavy atom. The van der Waals surface area contributed by atoms with Gasteiger partial charge >= 0.3 is 0 Å². The van der Waals surface area contributed by atoms with E-state index in [0.29, 0.717) is 30.5 Å². The molecule has 0 saturated carbocycles. The highest BCUT2D eigenvalue weighted by Gasteiger charge is 2.27. The third-order valence-electron chi connectivity index (χ3n) is 4.74. The predicted molar refractivity (Wildman–Crippen MR) is 108 cm³/mol. The van der Waals surface area contributed by atoms with Crippen LogP contribution in [0.15, 0.2) is 17.0 Å². The van der Waals surface area contributed by atoms with Crippen molar-refractivity contribution in [1.82, 2.24) is 14.3 Å². The highest BCUT2D eigenvalue weighted by molar-refractivity contribution is 7.89. The van der Waals surface area contributed by atoms with E-state index in [1.807, 2.05) is 19.1 Å². The van der Waals surface area contributed by atoms with Crippen LogP contribution in [0.2, 0.25) is 0 Å². The third kappa shape index (κ3) is 6.00. The van der Waals surface area contributed by atoms with Crippen molar-refractivity contribution in [2.24, 2.45) is 0 Å². The summed E-state index contributed by atoms with van der Waals surface area (Å²) in [6.45, 7) is 6.09. The molecule has 158 valence electrons. The predicted octanol–water partition coefficient (Wildman–Crippen LogP) is 0.820. The Balaban J connectivity index is 1.90. The number of nitrogens with zero attached hydrogens (tertiary/aromatic N) is 1. The van der Waals surface area contributed by atoms with Crippen LogP contribution in [-0.2, 0) is 24.8 Å². The zero-order valence-electron chi connectivity index (χ0n) is 16.8. The number of hydrogen-bond donors (Lipinski definition) is 2. The van der Waals surface area contributed by atoms with Gasteiger partial charge in [-0.2, -0.15) is 0 Å². The van der Waals surface area contributed by atoms with Crippen LogP contribution in [0.4, 0.5) is 0 Å². The molecular weight excluding hydrogens is 402 g/mol. The Morgan fingerprint density at radius 3 is 2.32 bits per heavy atom. The molecule has 2 N–H and O–H groups in total. The van der Waals surface area contributed by atoms with Crippen molar-refractivity contribution in [2.75, 3.05) is 25.9 Å². The second-order valence-electron chi connectivity index (χ2n) is 7.40. The number of carbonyl (C=O) groups is 1. The summed E-state index contributed by atoms with van der Waals surface area (Å²) in [5, 5.41) is 2.80. The molecule has 1 fully saturated rings. The number of nitrogens with one attached hydrogen (secondary N) is 2. The highest BCUT2D eigenvalue weighted by atomic mass is 32.2. The lowest BCUT2D eigenvalue weighted by molar-refractivity contribution is -0.121. The lowest BCUT2D eigenvalue weighted by atomic mass is 10.1. The summed E-state index contributed by atoms with van der Waals surface area (Å²) in [7, 11) is -7.00. The fourth-order valence-electron chi connectivity index (χ4n) is 3.62. The molecule has 1 aliphatic heterocycles. The topological polar surface area (TPSA) is 113 Å². The standard InChI is InChI=1S/C18H29N3O5S2/c1-13-10-14(2)18(15(3)11-13)28(25,26)19-8-7-17(22)20-16-6-5-9-21(12-16)27(4,23)24/h10-11,16,19H,5-9,12H2,1-4H3,(H,20,22). The van der Waals surface area contributed by atoms with Gasteiger partial charge in [-0.05, 0) is 44.7 Å². The number of amides is 1. The maximum Gasteiger partial charge on any atom is 0.241 e. The van der Waals surface area contributed by atoms with Gasteiger partial charge in [0.1, 0.15) is 0 Å². The van der Waals surface area contributed by atoms with Gasteiger partial charge in [-0.25, -0.2) is 25.9 Å². The number of piperidine rings is 1. The Bertz CT molecular complexity index is 919. The first-order chi connectivity index (χ1) is 12.9. The lowest BCUT2D eigenvalue weighted by Gasteiger charge is -2.31. The van der Waals surface area contributed by atoms with Gasteiger partial charge in [0, 0.05) is 32.1 Å². The molecule has 1 unspecified atom stereocenters. The van der Waals surface area contributed by atoms with E-state index in [1.165, 1.54) is 4.31 Å². The van der Waals surface area contributed by atoms with Crippen LogP contribution in [0.25, 0.3) is 0 Å². The average Bonchev–Trinajstić information content (AvgIpc) is 2.52. The molecule has 0 aliphatic carbocycles. The molecule has 0 spiro atoms. The first-order valence-electron chi connectivity index (χ1n) is 9.22. The van der Waals surface area contributed by atoms with E-state index in [-0.39, 0.29) is 36.4 Å². The number of sulfonamides is 2. The second kappa shape index (κ2) is 8.89. The summed E-state index contributed by atoms with van der Waals surface area (Å²) in [5.41, 5.74) is 2.32. The van der Waals surface area contributed by atoms with Crippen molar-refractivity contribution < 1.29 is 21.6 Å². The molecule has 10 heteroatoms. The van der Waals surface area contributed by atoms with E-state index in [9.17, 15) is 21.6 Å².